The van der Waals surface area contributed by atoms with Crippen LogP contribution in [0.15, 0.2) is 42.5 Å². The Balaban J connectivity index is 2.33. The maximum atomic E-state index is 6.32. The van der Waals surface area contributed by atoms with Crippen LogP contribution >= 0.6 is 11.6 Å². The molecule has 0 aliphatic rings. The minimum absolute atomic E-state index is 0.135. The van der Waals surface area contributed by atoms with Crippen molar-refractivity contribution in [3.8, 4) is 5.69 Å². The molecule has 0 bridgehead atoms. The first-order valence-electron chi connectivity index (χ1n) is 6.76. The van der Waals surface area contributed by atoms with E-state index in [4.69, 9.17) is 11.6 Å². The molecule has 3 heteroatoms. The Hall–Kier alpha value is -1.80. The fourth-order valence-corrected chi connectivity index (χ4v) is 2.58. The number of nitrogens with zero attached hydrogens (tertiary/aromatic N) is 2. The fourth-order valence-electron chi connectivity index (χ4n) is 2.44. The summed E-state index contributed by atoms with van der Waals surface area (Å²) in [4.78, 5) is 4.68. The third-order valence-corrected chi connectivity index (χ3v) is 3.68. The lowest BCUT2D eigenvalue weighted by Crippen LogP contribution is -2.01. The van der Waals surface area contributed by atoms with Gasteiger partial charge in [0.05, 0.1) is 16.4 Å². The molecule has 0 aliphatic carbocycles. The fraction of sp³-hybridized carbons (Fsp3) is 0.235. The van der Waals surface area contributed by atoms with Gasteiger partial charge < -0.3 is 0 Å². The molecule has 2 nitrogen and oxygen atoms in total. The van der Waals surface area contributed by atoms with E-state index in [0.717, 1.165) is 22.5 Å². The summed E-state index contributed by atoms with van der Waals surface area (Å²) < 4.78 is 2.15. The van der Waals surface area contributed by atoms with Gasteiger partial charge in [0.25, 0.3) is 0 Å². The third kappa shape index (κ3) is 2.20. The van der Waals surface area contributed by atoms with E-state index in [-0.39, 0.29) is 5.38 Å². The average molecular weight is 285 g/mol. The van der Waals surface area contributed by atoms with Crippen LogP contribution in [0.1, 0.15) is 29.3 Å². The van der Waals surface area contributed by atoms with E-state index in [0.29, 0.717) is 0 Å². The molecule has 0 radical (unpaired) electrons. The molecule has 0 amide bonds. The number of fused-ring (bicyclic) bond motifs is 1. The van der Waals surface area contributed by atoms with Gasteiger partial charge in [-0.25, -0.2) is 4.98 Å². The van der Waals surface area contributed by atoms with Crippen molar-refractivity contribution in [2.24, 2.45) is 0 Å². The molecule has 1 aromatic heterocycles. The molecule has 0 fully saturated rings. The maximum Gasteiger partial charge on any atom is 0.132 e. The smallest absolute Gasteiger partial charge is 0.132 e. The quantitative estimate of drug-likeness (QED) is 0.609. The second-order valence-corrected chi connectivity index (χ2v) is 5.90. The predicted molar refractivity (Wildman–Crippen MR) is 84.8 cm³/mol. The first kappa shape index (κ1) is 13.2. The van der Waals surface area contributed by atoms with E-state index in [2.05, 4.69) is 65.9 Å². The molecular formula is C17H17ClN2. The SMILES string of the molecule is Cc1ccc(-n2c(C(C)Cl)nc3ccc(C)cc32)cc1. The summed E-state index contributed by atoms with van der Waals surface area (Å²) in [6.07, 6.45) is 0. The molecule has 1 heterocycles. The van der Waals surface area contributed by atoms with Gasteiger partial charge in [-0.3, -0.25) is 4.57 Å². The molecule has 0 N–H and O–H groups in total. The standard InChI is InChI=1S/C17H17ClN2/c1-11-4-7-14(8-5-11)20-16-10-12(2)6-9-15(16)19-17(20)13(3)18/h4-10,13H,1-3H3. The van der Waals surface area contributed by atoms with E-state index in [9.17, 15) is 0 Å². The molecule has 20 heavy (non-hydrogen) atoms. The number of rotatable bonds is 2. The van der Waals surface area contributed by atoms with Crippen molar-refractivity contribution in [3.05, 3.63) is 59.4 Å². The third-order valence-electron chi connectivity index (χ3n) is 3.48. The molecule has 0 saturated heterocycles. The van der Waals surface area contributed by atoms with Gasteiger partial charge in [-0.2, -0.15) is 0 Å². The van der Waals surface area contributed by atoms with Crippen LogP contribution in [0, 0.1) is 13.8 Å². The number of benzene rings is 2. The Bertz CT molecular complexity index is 755. The van der Waals surface area contributed by atoms with Gasteiger partial charge in [-0.05, 0) is 50.6 Å². The van der Waals surface area contributed by atoms with Crippen molar-refractivity contribution in [3.63, 3.8) is 0 Å². The van der Waals surface area contributed by atoms with E-state index in [1.165, 1.54) is 11.1 Å². The summed E-state index contributed by atoms with van der Waals surface area (Å²) in [5, 5.41) is -0.135. The lowest BCUT2D eigenvalue weighted by molar-refractivity contribution is 0.882. The largest absolute Gasteiger partial charge is 0.295 e. The van der Waals surface area contributed by atoms with Gasteiger partial charge in [0.15, 0.2) is 0 Å². The van der Waals surface area contributed by atoms with Gasteiger partial charge >= 0.3 is 0 Å². The normalized spacial score (nSPS) is 12.8. The lowest BCUT2D eigenvalue weighted by Gasteiger charge is -2.11. The van der Waals surface area contributed by atoms with E-state index in [1.54, 1.807) is 0 Å². The molecular weight excluding hydrogens is 268 g/mol. The summed E-state index contributed by atoms with van der Waals surface area (Å²) in [5.41, 5.74) is 5.66. The average Bonchev–Trinajstić information content (AvgIpc) is 2.78. The Morgan fingerprint density at radius 1 is 1.00 bits per heavy atom. The summed E-state index contributed by atoms with van der Waals surface area (Å²) >= 11 is 6.32. The Morgan fingerprint density at radius 2 is 1.65 bits per heavy atom. The van der Waals surface area contributed by atoms with Crippen molar-refractivity contribution >= 4 is 22.6 Å². The van der Waals surface area contributed by atoms with Gasteiger partial charge in [-0.1, -0.05) is 23.8 Å². The van der Waals surface area contributed by atoms with E-state index >= 15 is 0 Å². The van der Waals surface area contributed by atoms with Crippen LogP contribution in [0.5, 0.6) is 0 Å². The van der Waals surface area contributed by atoms with E-state index < -0.39 is 0 Å². The number of halogens is 1. The minimum Gasteiger partial charge on any atom is -0.295 e. The first-order valence-corrected chi connectivity index (χ1v) is 7.20. The Kier molecular flexibility index (Phi) is 3.27. The highest BCUT2D eigenvalue weighted by Gasteiger charge is 2.16. The molecule has 102 valence electrons. The Morgan fingerprint density at radius 3 is 2.30 bits per heavy atom. The summed E-state index contributed by atoms with van der Waals surface area (Å²) in [7, 11) is 0. The summed E-state index contributed by atoms with van der Waals surface area (Å²) in [6.45, 7) is 6.14. The zero-order valence-electron chi connectivity index (χ0n) is 11.9. The first-order chi connectivity index (χ1) is 9.56. The van der Waals surface area contributed by atoms with Crippen molar-refractivity contribution in [1.82, 2.24) is 9.55 Å². The van der Waals surface area contributed by atoms with Crippen molar-refractivity contribution in [2.45, 2.75) is 26.1 Å². The van der Waals surface area contributed by atoms with Crippen LogP contribution in [0.4, 0.5) is 0 Å². The van der Waals surface area contributed by atoms with Crippen LogP contribution in [-0.2, 0) is 0 Å². The molecule has 2 aromatic carbocycles. The zero-order chi connectivity index (χ0) is 14.3. The van der Waals surface area contributed by atoms with Gasteiger partial charge in [0.2, 0.25) is 0 Å². The number of hydrogen-bond acceptors (Lipinski definition) is 1. The molecule has 1 unspecified atom stereocenters. The highest BCUT2D eigenvalue weighted by Crippen LogP contribution is 2.28. The highest BCUT2D eigenvalue weighted by molar-refractivity contribution is 6.20. The molecule has 0 saturated carbocycles. The number of aromatic nitrogens is 2. The number of alkyl halides is 1. The summed E-state index contributed by atoms with van der Waals surface area (Å²) in [6, 6.07) is 14.7. The van der Waals surface area contributed by atoms with Gasteiger partial charge in [0, 0.05) is 5.69 Å². The number of aryl methyl sites for hydroxylation is 2. The number of hydrogen-bond donors (Lipinski definition) is 0. The molecule has 1 atom stereocenters. The van der Waals surface area contributed by atoms with Gasteiger partial charge in [-0.15, -0.1) is 11.6 Å². The summed E-state index contributed by atoms with van der Waals surface area (Å²) in [5.74, 6) is 0.885. The molecule has 0 spiro atoms. The second-order valence-electron chi connectivity index (χ2n) is 5.25. The van der Waals surface area contributed by atoms with Crippen LogP contribution in [0.3, 0.4) is 0 Å². The second kappa shape index (κ2) is 4.95. The van der Waals surface area contributed by atoms with Crippen molar-refractivity contribution in [2.75, 3.05) is 0 Å². The van der Waals surface area contributed by atoms with Crippen LogP contribution in [-0.4, -0.2) is 9.55 Å². The molecule has 3 aromatic rings. The van der Waals surface area contributed by atoms with Gasteiger partial charge in [0.1, 0.15) is 5.82 Å². The minimum atomic E-state index is -0.135. The lowest BCUT2D eigenvalue weighted by atomic mass is 10.2. The van der Waals surface area contributed by atoms with Crippen LogP contribution in [0.25, 0.3) is 16.7 Å². The zero-order valence-corrected chi connectivity index (χ0v) is 12.6. The van der Waals surface area contributed by atoms with E-state index in [1.807, 2.05) is 6.92 Å². The topological polar surface area (TPSA) is 17.8 Å². The maximum absolute atomic E-state index is 6.32. The van der Waals surface area contributed by atoms with Crippen molar-refractivity contribution in [1.29, 1.82) is 0 Å². The number of imidazole rings is 1. The molecule has 3 rings (SSSR count). The molecule has 0 aliphatic heterocycles. The highest BCUT2D eigenvalue weighted by atomic mass is 35.5. The monoisotopic (exact) mass is 284 g/mol. The Labute approximate surface area is 124 Å². The van der Waals surface area contributed by atoms with Crippen LogP contribution < -0.4 is 0 Å². The predicted octanol–water partition coefficient (Wildman–Crippen LogP) is 4.94. The van der Waals surface area contributed by atoms with Crippen molar-refractivity contribution < 1.29 is 0 Å². The van der Waals surface area contributed by atoms with Crippen LogP contribution in [0.2, 0.25) is 0 Å².